The van der Waals surface area contributed by atoms with Gasteiger partial charge in [0.1, 0.15) is 18.3 Å². The summed E-state index contributed by atoms with van der Waals surface area (Å²) in [5, 5.41) is 30.2. The van der Waals surface area contributed by atoms with Gasteiger partial charge in [0.15, 0.2) is 6.23 Å². The van der Waals surface area contributed by atoms with Crippen LogP contribution in [0.2, 0.25) is 0 Å². The molecular formula is C12H18N5O15P3. The van der Waals surface area contributed by atoms with Crippen molar-refractivity contribution in [2.45, 2.75) is 31.0 Å². The Morgan fingerprint density at radius 3 is 2.34 bits per heavy atom. The predicted molar refractivity (Wildman–Crippen MR) is 106 cm³/mol. The number of hydrogen-bond donors (Lipinski definition) is 8. The van der Waals surface area contributed by atoms with Gasteiger partial charge in [-0.05, 0) is 0 Å². The Hall–Kier alpha value is -1.89. The normalized spacial score (nSPS) is 26.3. The van der Waals surface area contributed by atoms with Crippen molar-refractivity contribution in [3.63, 3.8) is 0 Å². The second-order valence-corrected chi connectivity index (χ2v) is 11.3. The highest BCUT2D eigenvalue weighted by Gasteiger charge is 2.46. The standard InChI is InChI=1S/C12H18N5O15P3/c18-8-7(4-29-34(25,26)32-35(27,28)31-33(22,23)24)30-11(9(8)19)17-3-5(10(20)14-12(17)21)1-6-2-13-16-15-6/h2-3,7-9,11,18-19H,1,4H2,(H,25,26)(H,27,28)(H,13,15,16)(H,14,20,21)(H2,22,23,24)/t7-,8?,9+,11-/m1/s1. The Balaban J connectivity index is 1.72. The first kappa shape index (κ1) is 27.7. The van der Waals surface area contributed by atoms with Gasteiger partial charge in [0, 0.05) is 18.2 Å². The first-order valence-electron chi connectivity index (χ1n) is 9.06. The summed E-state index contributed by atoms with van der Waals surface area (Å²) in [7, 11) is -16.9. The number of aliphatic hydroxyl groups is 2. The number of rotatable bonds is 10. The van der Waals surface area contributed by atoms with Gasteiger partial charge in [-0.15, -0.1) is 0 Å². The maximum atomic E-state index is 12.3. The second kappa shape index (κ2) is 10.2. The molecule has 8 N–H and O–H groups in total. The molecule has 0 saturated carbocycles. The lowest BCUT2D eigenvalue weighted by Gasteiger charge is -2.19. The number of aliphatic hydroxyl groups excluding tert-OH is 2. The first-order chi connectivity index (χ1) is 16.1. The van der Waals surface area contributed by atoms with E-state index >= 15 is 0 Å². The van der Waals surface area contributed by atoms with E-state index in [1.807, 2.05) is 4.98 Å². The lowest BCUT2D eigenvalue weighted by Crippen LogP contribution is -2.39. The quantitative estimate of drug-likeness (QED) is 0.135. The second-order valence-electron chi connectivity index (χ2n) is 6.89. The van der Waals surface area contributed by atoms with Gasteiger partial charge in [0.2, 0.25) is 0 Å². The van der Waals surface area contributed by atoms with Gasteiger partial charge in [0.25, 0.3) is 5.56 Å². The zero-order valence-electron chi connectivity index (χ0n) is 16.9. The van der Waals surface area contributed by atoms with E-state index < -0.39 is 65.9 Å². The molecule has 0 spiro atoms. The van der Waals surface area contributed by atoms with Gasteiger partial charge in [-0.2, -0.15) is 24.0 Å². The molecule has 3 heterocycles. The molecule has 196 valence electrons. The minimum Gasteiger partial charge on any atom is -0.387 e. The molecular weight excluding hydrogens is 547 g/mol. The molecule has 1 aliphatic rings. The van der Waals surface area contributed by atoms with E-state index in [2.05, 4.69) is 28.6 Å². The van der Waals surface area contributed by atoms with Crippen LogP contribution in [-0.2, 0) is 38.0 Å². The fourth-order valence-corrected chi connectivity index (χ4v) is 5.95. The van der Waals surface area contributed by atoms with E-state index in [4.69, 9.17) is 19.4 Å². The number of hydrogen-bond acceptors (Lipinski definition) is 13. The molecule has 0 aliphatic carbocycles. The molecule has 3 rings (SSSR count). The number of aromatic nitrogens is 5. The third-order valence-corrected chi connectivity index (χ3v) is 8.11. The van der Waals surface area contributed by atoms with Crippen LogP contribution < -0.4 is 11.2 Å². The monoisotopic (exact) mass is 565 g/mol. The van der Waals surface area contributed by atoms with Crippen LogP contribution >= 0.6 is 23.5 Å². The highest BCUT2D eigenvalue weighted by Crippen LogP contribution is 2.66. The molecule has 6 atom stereocenters. The number of phosphoric ester groups is 1. The van der Waals surface area contributed by atoms with Gasteiger partial charge in [-0.25, -0.2) is 18.5 Å². The van der Waals surface area contributed by atoms with Gasteiger partial charge in [-0.3, -0.25) is 18.9 Å². The van der Waals surface area contributed by atoms with Crippen LogP contribution in [0.4, 0.5) is 0 Å². The van der Waals surface area contributed by atoms with Crippen LogP contribution in [-0.4, -0.2) is 79.7 Å². The minimum absolute atomic E-state index is 0.000466. The Labute approximate surface area is 192 Å². The summed E-state index contributed by atoms with van der Waals surface area (Å²) < 4.78 is 51.3. The molecule has 3 unspecified atom stereocenters. The first-order valence-corrected chi connectivity index (χ1v) is 13.6. The van der Waals surface area contributed by atoms with Crippen molar-refractivity contribution >= 4 is 23.5 Å². The van der Waals surface area contributed by atoms with Crippen LogP contribution in [0.3, 0.4) is 0 Å². The Morgan fingerprint density at radius 1 is 1.06 bits per heavy atom. The number of H-pyrrole nitrogens is 2. The number of phosphoric acid groups is 3. The van der Waals surface area contributed by atoms with E-state index in [9.17, 15) is 38.4 Å². The summed E-state index contributed by atoms with van der Waals surface area (Å²) in [5.74, 6) is 0. The highest BCUT2D eigenvalue weighted by molar-refractivity contribution is 7.66. The molecule has 2 aromatic rings. The number of ether oxygens (including phenoxy) is 1. The van der Waals surface area contributed by atoms with Gasteiger partial charge in [-0.1, -0.05) is 0 Å². The number of nitrogens with one attached hydrogen (secondary N) is 2. The van der Waals surface area contributed by atoms with Gasteiger partial charge < -0.3 is 34.5 Å². The minimum atomic E-state index is -5.77. The third-order valence-electron chi connectivity index (χ3n) is 4.31. The van der Waals surface area contributed by atoms with E-state index in [1.54, 1.807) is 0 Å². The molecule has 1 fully saturated rings. The summed E-state index contributed by atoms with van der Waals surface area (Å²) in [6, 6.07) is 0. The molecule has 0 radical (unpaired) electrons. The van der Waals surface area contributed by atoms with Crippen LogP contribution in [0.25, 0.3) is 0 Å². The van der Waals surface area contributed by atoms with Crippen molar-refractivity contribution in [1.29, 1.82) is 0 Å². The SMILES string of the molecule is O=c1[nH]c(=O)n([C@@H]2O[C@H](COP(=O)(O)OP(=O)(O)OP(=O)(O)O)C(O)[C@@H]2O)cc1Cc1cn[nH]n1. The zero-order chi connectivity index (χ0) is 26.2. The summed E-state index contributed by atoms with van der Waals surface area (Å²) in [4.78, 5) is 62.0. The van der Waals surface area contributed by atoms with E-state index in [-0.39, 0.29) is 12.0 Å². The lowest BCUT2D eigenvalue weighted by atomic mass is 10.1. The van der Waals surface area contributed by atoms with E-state index in [1.165, 1.54) is 6.20 Å². The number of nitrogens with zero attached hydrogens (tertiary/aromatic N) is 3. The van der Waals surface area contributed by atoms with E-state index in [0.29, 0.717) is 5.69 Å². The summed E-state index contributed by atoms with van der Waals surface area (Å²) in [6.07, 6.45) is -4.65. The Bertz CT molecular complexity index is 1300. The molecule has 2 aromatic heterocycles. The van der Waals surface area contributed by atoms with Crippen molar-refractivity contribution in [3.05, 3.63) is 44.5 Å². The highest BCUT2D eigenvalue weighted by atomic mass is 31.3. The van der Waals surface area contributed by atoms with Crippen molar-refractivity contribution < 1.29 is 61.4 Å². The molecule has 35 heavy (non-hydrogen) atoms. The van der Waals surface area contributed by atoms with Crippen molar-refractivity contribution in [3.8, 4) is 0 Å². The maximum absolute atomic E-state index is 12.3. The molecule has 0 amide bonds. The predicted octanol–water partition coefficient (Wildman–Crippen LogP) is -2.79. The summed E-state index contributed by atoms with van der Waals surface area (Å²) in [6.45, 7) is -1.08. The van der Waals surface area contributed by atoms with Crippen LogP contribution in [0.5, 0.6) is 0 Å². The van der Waals surface area contributed by atoms with Gasteiger partial charge in [0.05, 0.1) is 18.5 Å². The van der Waals surface area contributed by atoms with Crippen LogP contribution in [0.15, 0.2) is 22.0 Å². The summed E-state index contributed by atoms with van der Waals surface area (Å²) in [5.41, 5.74) is -1.47. The smallest absolute Gasteiger partial charge is 0.387 e. The van der Waals surface area contributed by atoms with Gasteiger partial charge >= 0.3 is 29.2 Å². The molecule has 23 heteroatoms. The molecule has 0 bridgehead atoms. The van der Waals surface area contributed by atoms with Crippen molar-refractivity contribution in [2.75, 3.05) is 6.61 Å². The largest absolute Gasteiger partial charge is 0.490 e. The van der Waals surface area contributed by atoms with Crippen LogP contribution in [0, 0.1) is 0 Å². The molecule has 1 aliphatic heterocycles. The van der Waals surface area contributed by atoms with Crippen molar-refractivity contribution in [2.24, 2.45) is 0 Å². The Morgan fingerprint density at radius 2 is 1.74 bits per heavy atom. The fourth-order valence-electron chi connectivity index (χ4n) is 2.92. The van der Waals surface area contributed by atoms with E-state index in [0.717, 1.165) is 10.8 Å². The summed E-state index contributed by atoms with van der Waals surface area (Å²) >= 11 is 0. The zero-order valence-corrected chi connectivity index (χ0v) is 19.6. The molecule has 20 nitrogen and oxygen atoms in total. The average molecular weight is 565 g/mol. The molecule has 0 aromatic carbocycles. The number of aromatic amines is 2. The fraction of sp³-hybridized carbons (Fsp3) is 0.500. The maximum Gasteiger partial charge on any atom is 0.490 e. The molecule has 1 saturated heterocycles. The van der Waals surface area contributed by atoms with Crippen molar-refractivity contribution in [1.82, 2.24) is 25.0 Å². The Kier molecular flexibility index (Phi) is 8.10. The van der Waals surface area contributed by atoms with Crippen LogP contribution in [0.1, 0.15) is 17.5 Å². The topological polar surface area (TPSA) is 306 Å². The average Bonchev–Trinajstić information content (AvgIpc) is 3.29. The lowest BCUT2D eigenvalue weighted by molar-refractivity contribution is -0.0543. The third kappa shape index (κ3) is 7.31.